The summed E-state index contributed by atoms with van der Waals surface area (Å²) in [6.07, 6.45) is 0.686. The van der Waals surface area contributed by atoms with Gasteiger partial charge in [-0.2, -0.15) is 0 Å². The lowest BCUT2D eigenvalue weighted by atomic mass is 9.91. The van der Waals surface area contributed by atoms with Crippen LogP contribution in [-0.4, -0.2) is 29.8 Å². The first-order valence-electron chi connectivity index (χ1n) is 4.62. The third-order valence-corrected chi connectivity index (χ3v) is 3.08. The first kappa shape index (κ1) is 10.9. The van der Waals surface area contributed by atoms with Crippen LogP contribution in [0.15, 0.2) is 11.1 Å². The zero-order valence-electron chi connectivity index (χ0n) is 8.22. The fourth-order valence-corrected chi connectivity index (χ4v) is 2.04. The summed E-state index contributed by atoms with van der Waals surface area (Å²) in [6.45, 7) is 9.65. The van der Waals surface area contributed by atoms with Crippen LogP contribution in [0.3, 0.4) is 0 Å². The molecule has 2 atom stereocenters. The number of likely N-dealkylation sites (tertiary alicyclic amines) is 1. The SMILES string of the molecule is C=C(Br)CN1CCC(=O)C(C)C1C. The maximum Gasteiger partial charge on any atom is 0.138 e. The predicted octanol–water partition coefficient (Wildman–Crippen LogP) is 2.19. The molecule has 1 heterocycles. The minimum atomic E-state index is 0.167. The van der Waals surface area contributed by atoms with E-state index in [0.29, 0.717) is 18.2 Å². The smallest absolute Gasteiger partial charge is 0.138 e. The minimum Gasteiger partial charge on any atom is -0.299 e. The molecule has 2 nitrogen and oxygen atoms in total. The van der Waals surface area contributed by atoms with Crippen LogP contribution in [0.5, 0.6) is 0 Å². The van der Waals surface area contributed by atoms with Crippen molar-refractivity contribution in [3.05, 3.63) is 11.1 Å². The highest BCUT2D eigenvalue weighted by molar-refractivity contribution is 9.11. The van der Waals surface area contributed by atoms with Crippen LogP contribution in [0.25, 0.3) is 0 Å². The molecule has 74 valence electrons. The van der Waals surface area contributed by atoms with E-state index in [4.69, 9.17) is 0 Å². The number of piperidine rings is 1. The van der Waals surface area contributed by atoms with E-state index in [-0.39, 0.29) is 5.92 Å². The van der Waals surface area contributed by atoms with E-state index < -0.39 is 0 Å². The average Bonchev–Trinajstić information content (AvgIpc) is 2.06. The zero-order chi connectivity index (χ0) is 10.0. The first-order chi connectivity index (χ1) is 6.02. The number of carbonyl (C=O) groups excluding carboxylic acids is 1. The molecule has 0 aromatic heterocycles. The van der Waals surface area contributed by atoms with Crippen LogP contribution in [0.4, 0.5) is 0 Å². The van der Waals surface area contributed by atoms with Crippen molar-refractivity contribution in [3.8, 4) is 0 Å². The third kappa shape index (κ3) is 2.64. The van der Waals surface area contributed by atoms with Crippen molar-refractivity contribution in [2.45, 2.75) is 26.3 Å². The Morgan fingerprint density at radius 2 is 2.31 bits per heavy atom. The Bertz CT molecular complexity index is 227. The minimum absolute atomic E-state index is 0.167. The highest BCUT2D eigenvalue weighted by Crippen LogP contribution is 2.21. The Morgan fingerprint density at radius 3 is 2.85 bits per heavy atom. The second-order valence-electron chi connectivity index (χ2n) is 3.73. The summed E-state index contributed by atoms with van der Waals surface area (Å²) in [5.74, 6) is 0.560. The van der Waals surface area contributed by atoms with E-state index in [9.17, 15) is 4.79 Å². The molecule has 0 aromatic rings. The standard InChI is InChI=1S/C10H16BrNO/c1-7(11)6-12-5-4-10(13)8(2)9(12)3/h8-9H,1,4-6H2,2-3H3. The van der Waals surface area contributed by atoms with E-state index in [1.54, 1.807) is 0 Å². The monoisotopic (exact) mass is 245 g/mol. The molecule has 3 heteroatoms. The van der Waals surface area contributed by atoms with Crippen molar-refractivity contribution < 1.29 is 4.79 Å². The summed E-state index contributed by atoms with van der Waals surface area (Å²) in [5, 5.41) is 0. The van der Waals surface area contributed by atoms with Crippen molar-refractivity contribution in [3.63, 3.8) is 0 Å². The van der Waals surface area contributed by atoms with Gasteiger partial charge in [-0.15, -0.1) is 0 Å². The van der Waals surface area contributed by atoms with Crippen molar-refractivity contribution in [1.82, 2.24) is 4.90 Å². The van der Waals surface area contributed by atoms with E-state index in [0.717, 1.165) is 17.6 Å². The largest absolute Gasteiger partial charge is 0.299 e. The topological polar surface area (TPSA) is 20.3 Å². The Kier molecular flexibility index (Phi) is 3.68. The lowest BCUT2D eigenvalue weighted by Crippen LogP contribution is -2.47. The Labute approximate surface area is 88.1 Å². The molecule has 1 rings (SSSR count). The Hall–Kier alpha value is -0.150. The molecule has 0 spiro atoms. The molecule has 0 radical (unpaired) electrons. The number of carbonyl (C=O) groups is 1. The fourth-order valence-electron chi connectivity index (χ4n) is 1.71. The van der Waals surface area contributed by atoms with Crippen LogP contribution in [0, 0.1) is 5.92 Å². The fraction of sp³-hybridized carbons (Fsp3) is 0.700. The third-order valence-electron chi connectivity index (χ3n) is 2.83. The average molecular weight is 246 g/mol. The van der Waals surface area contributed by atoms with Crippen LogP contribution < -0.4 is 0 Å². The van der Waals surface area contributed by atoms with Gasteiger partial charge in [0.2, 0.25) is 0 Å². The van der Waals surface area contributed by atoms with Gasteiger partial charge in [-0.1, -0.05) is 29.4 Å². The number of hydrogen-bond donors (Lipinski definition) is 0. The van der Waals surface area contributed by atoms with Gasteiger partial charge >= 0.3 is 0 Å². The maximum atomic E-state index is 11.4. The van der Waals surface area contributed by atoms with Crippen LogP contribution in [0.1, 0.15) is 20.3 Å². The second-order valence-corrected chi connectivity index (χ2v) is 4.85. The van der Waals surface area contributed by atoms with Gasteiger partial charge in [0.05, 0.1) is 0 Å². The second kappa shape index (κ2) is 4.38. The van der Waals surface area contributed by atoms with Crippen LogP contribution >= 0.6 is 15.9 Å². The first-order valence-corrected chi connectivity index (χ1v) is 5.41. The Morgan fingerprint density at radius 1 is 1.69 bits per heavy atom. The molecule has 1 aliphatic heterocycles. The van der Waals surface area contributed by atoms with Crippen molar-refractivity contribution >= 4 is 21.7 Å². The summed E-state index contributed by atoms with van der Waals surface area (Å²) in [6, 6.07) is 0.343. The van der Waals surface area contributed by atoms with E-state index in [2.05, 4.69) is 34.3 Å². The van der Waals surface area contributed by atoms with E-state index >= 15 is 0 Å². The summed E-state index contributed by atoms with van der Waals surface area (Å²) in [5.41, 5.74) is 0. The summed E-state index contributed by atoms with van der Waals surface area (Å²) < 4.78 is 0.987. The van der Waals surface area contributed by atoms with Crippen molar-refractivity contribution in [1.29, 1.82) is 0 Å². The number of Topliss-reactive ketones (excluding diaryl/α,β-unsaturated/α-hetero) is 1. The van der Waals surface area contributed by atoms with E-state index in [1.807, 2.05) is 6.92 Å². The molecule has 0 aromatic carbocycles. The molecule has 0 saturated carbocycles. The lowest BCUT2D eigenvalue weighted by Gasteiger charge is -2.36. The summed E-state index contributed by atoms with van der Waals surface area (Å²) >= 11 is 3.35. The van der Waals surface area contributed by atoms with Gasteiger partial charge in [0.25, 0.3) is 0 Å². The van der Waals surface area contributed by atoms with Gasteiger partial charge in [0.1, 0.15) is 5.78 Å². The highest BCUT2D eigenvalue weighted by Gasteiger charge is 2.30. The van der Waals surface area contributed by atoms with Crippen molar-refractivity contribution in [2.24, 2.45) is 5.92 Å². The normalized spacial score (nSPS) is 30.5. The van der Waals surface area contributed by atoms with Crippen molar-refractivity contribution in [2.75, 3.05) is 13.1 Å². The molecule has 0 aliphatic carbocycles. The number of halogens is 1. The molecule has 1 saturated heterocycles. The quantitative estimate of drug-likeness (QED) is 0.744. The van der Waals surface area contributed by atoms with Crippen LogP contribution in [0.2, 0.25) is 0 Å². The lowest BCUT2D eigenvalue weighted by molar-refractivity contribution is -0.127. The molecule has 13 heavy (non-hydrogen) atoms. The molecule has 0 amide bonds. The van der Waals surface area contributed by atoms with Gasteiger partial charge in [0.15, 0.2) is 0 Å². The zero-order valence-corrected chi connectivity index (χ0v) is 9.80. The molecular formula is C10H16BrNO. The molecule has 1 fully saturated rings. The summed E-state index contributed by atoms with van der Waals surface area (Å²) in [4.78, 5) is 13.7. The van der Waals surface area contributed by atoms with Gasteiger partial charge in [0, 0.05) is 36.0 Å². The number of hydrogen-bond acceptors (Lipinski definition) is 2. The van der Waals surface area contributed by atoms with Gasteiger partial charge < -0.3 is 0 Å². The molecule has 0 bridgehead atoms. The van der Waals surface area contributed by atoms with Gasteiger partial charge in [-0.05, 0) is 6.92 Å². The van der Waals surface area contributed by atoms with Crippen LogP contribution in [-0.2, 0) is 4.79 Å². The van der Waals surface area contributed by atoms with Gasteiger partial charge in [-0.25, -0.2) is 0 Å². The maximum absolute atomic E-state index is 11.4. The predicted molar refractivity (Wildman–Crippen MR) is 57.9 cm³/mol. The molecule has 1 aliphatic rings. The van der Waals surface area contributed by atoms with Gasteiger partial charge in [-0.3, -0.25) is 9.69 Å². The Balaban J connectivity index is 2.58. The molecular weight excluding hydrogens is 230 g/mol. The highest BCUT2D eigenvalue weighted by atomic mass is 79.9. The summed E-state index contributed by atoms with van der Waals surface area (Å²) in [7, 11) is 0. The number of ketones is 1. The number of rotatable bonds is 2. The molecule has 0 N–H and O–H groups in total. The van der Waals surface area contributed by atoms with E-state index in [1.165, 1.54) is 0 Å². The molecule has 2 unspecified atom stereocenters. The number of nitrogens with zero attached hydrogens (tertiary/aromatic N) is 1.